The summed E-state index contributed by atoms with van der Waals surface area (Å²) in [5.41, 5.74) is 2.54. The van der Waals surface area contributed by atoms with Crippen LogP contribution in [0.1, 0.15) is 44.0 Å². The molecule has 3 heteroatoms. The molecule has 2 atom stereocenters. The molecule has 0 spiro atoms. The molecule has 1 aromatic heterocycles. The highest BCUT2D eigenvalue weighted by atomic mass is 35.5. The largest absolute Gasteiger partial charge is 0.272 e. The molecule has 16 heavy (non-hydrogen) atoms. The zero-order valence-corrected chi connectivity index (χ0v) is 11.0. The standard InChI is InChI=1S/C13H21ClN2/c1-3-11-9-12(16(2)15-11)8-10-6-4-5-7-13(10)14/h9-10,13H,3-8H2,1-2H3. The summed E-state index contributed by atoms with van der Waals surface area (Å²) in [4.78, 5) is 0. The van der Waals surface area contributed by atoms with Crippen molar-refractivity contribution >= 4 is 11.6 Å². The van der Waals surface area contributed by atoms with Crippen LogP contribution in [0, 0.1) is 5.92 Å². The summed E-state index contributed by atoms with van der Waals surface area (Å²) < 4.78 is 2.02. The number of hydrogen-bond donors (Lipinski definition) is 0. The SMILES string of the molecule is CCc1cc(CC2CCCCC2Cl)n(C)n1. The molecule has 0 N–H and O–H groups in total. The second-order valence-corrected chi connectivity index (χ2v) is 5.43. The molecule has 1 aliphatic carbocycles. The Hall–Kier alpha value is -0.500. The van der Waals surface area contributed by atoms with E-state index in [0.29, 0.717) is 11.3 Å². The van der Waals surface area contributed by atoms with Crippen molar-refractivity contribution in [2.75, 3.05) is 0 Å². The van der Waals surface area contributed by atoms with E-state index in [9.17, 15) is 0 Å². The van der Waals surface area contributed by atoms with Crippen molar-refractivity contribution in [2.24, 2.45) is 13.0 Å². The maximum Gasteiger partial charge on any atom is 0.0624 e. The Bertz CT molecular complexity index is 346. The Morgan fingerprint density at radius 3 is 2.81 bits per heavy atom. The lowest BCUT2D eigenvalue weighted by atomic mass is 9.85. The second-order valence-electron chi connectivity index (χ2n) is 4.87. The Morgan fingerprint density at radius 1 is 1.44 bits per heavy atom. The number of hydrogen-bond acceptors (Lipinski definition) is 1. The molecule has 2 nitrogen and oxygen atoms in total. The Balaban J connectivity index is 2.04. The van der Waals surface area contributed by atoms with Gasteiger partial charge in [0, 0.05) is 18.1 Å². The van der Waals surface area contributed by atoms with Crippen LogP contribution in [0.15, 0.2) is 6.07 Å². The van der Waals surface area contributed by atoms with Gasteiger partial charge in [0.25, 0.3) is 0 Å². The van der Waals surface area contributed by atoms with E-state index in [0.717, 1.165) is 12.8 Å². The number of aryl methyl sites for hydroxylation is 2. The molecule has 0 amide bonds. The third-order valence-electron chi connectivity index (χ3n) is 3.68. The van der Waals surface area contributed by atoms with Crippen LogP contribution in [0.25, 0.3) is 0 Å². The minimum Gasteiger partial charge on any atom is -0.272 e. The molecule has 90 valence electrons. The molecule has 2 rings (SSSR count). The first-order valence-corrected chi connectivity index (χ1v) is 6.80. The minimum atomic E-state index is 0.369. The van der Waals surface area contributed by atoms with Crippen LogP contribution in [0.4, 0.5) is 0 Å². The molecular formula is C13H21ClN2. The molecular weight excluding hydrogens is 220 g/mol. The predicted molar refractivity (Wildman–Crippen MR) is 67.9 cm³/mol. The molecule has 1 aromatic rings. The first kappa shape index (κ1) is 12.0. The topological polar surface area (TPSA) is 17.8 Å². The van der Waals surface area contributed by atoms with Crippen molar-refractivity contribution in [3.05, 3.63) is 17.5 Å². The maximum atomic E-state index is 6.40. The summed E-state index contributed by atoms with van der Waals surface area (Å²) in [6.07, 6.45) is 7.22. The number of aromatic nitrogens is 2. The summed E-state index contributed by atoms with van der Waals surface area (Å²) in [5, 5.41) is 4.86. The van der Waals surface area contributed by atoms with Crippen LogP contribution in [0.5, 0.6) is 0 Å². The van der Waals surface area contributed by atoms with E-state index in [1.54, 1.807) is 0 Å². The molecule has 2 unspecified atom stereocenters. The Labute approximate surface area is 103 Å². The Kier molecular flexibility index (Phi) is 3.91. The molecule has 0 saturated heterocycles. The molecule has 0 aliphatic heterocycles. The fraction of sp³-hybridized carbons (Fsp3) is 0.769. The van der Waals surface area contributed by atoms with Crippen molar-refractivity contribution in [3.8, 4) is 0 Å². The van der Waals surface area contributed by atoms with Crippen molar-refractivity contribution in [1.29, 1.82) is 0 Å². The summed E-state index contributed by atoms with van der Waals surface area (Å²) in [6.45, 7) is 2.15. The van der Waals surface area contributed by atoms with Crippen LogP contribution in [0.2, 0.25) is 0 Å². The number of nitrogens with zero attached hydrogens (tertiary/aromatic N) is 2. The van der Waals surface area contributed by atoms with Crippen molar-refractivity contribution in [3.63, 3.8) is 0 Å². The van der Waals surface area contributed by atoms with Gasteiger partial charge in [0.1, 0.15) is 0 Å². The quantitative estimate of drug-likeness (QED) is 0.742. The van der Waals surface area contributed by atoms with E-state index in [1.165, 1.54) is 37.1 Å². The van der Waals surface area contributed by atoms with Gasteiger partial charge in [-0.05, 0) is 37.7 Å². The van der Waals surface area contributed by atoms with Gasteiger partial charge in [0.15, 0.2) is 0 Å². The minimum absolute atomic E-state index is 0.369. The smallest absolute Gasteiger partial charge is 0.0624 e. The second kappa shape index (κ2) is 5.22. The molecule has 1 heterocycles. The maximum absolute atomic E-state index is 6.40. The average molecular weight is 241 g/mol. The van der Waals surface area contributed by atoms with Gasteiger partial charge in [0.05, 0.1) is 5.69 Å². The van der Waals surface area contributed by atoms with Crippen molar-refractivity contribution < 1.29 is 0 Å². The van der Waals surface area contributed by atoms with Crippen molar-refractivity contribution in [2.45, 2.75) is 50.8 Å². The predicted octanol–water partition coefficient (Wildman–Crippen LogP) is 3.32. The lowest BCUT2D eigenvalue weighted by Gasteiger charge is -2.26. The zero-order valence-electron chi connectivity index (χ0n) is 10.2. The lowest BCUT2D eigenvalue weighted by Crippen LogP contribution is -2.22. The normalized spacial score (nSPS) is 25.9. The van der Waals surface area contributed by atoms with Gasteiger partial charge in [-0.15, -0.1) is 11.6 Å². The van der Waals surface area contributed by atoms with E-state index >= 15 is 0 Å². The van der Waals surface area contributed by atoms with Gasteiger partial charge in [-0.25, -0.2) is 0 Å². The molecule has 1 aliphatic rings. The monoisotopic (exact) mass is 240 g/mol. The molecule has 0 radical (unpaired) electrons. The van der Waals surface area contributed by atoms with Crippen LogP contribution >= 0.6 is 11.6 Å². The van der Waals surface area contributed by atoms with Gasteiger partial charge < -0.3 is 0 Å². The fourth-order valence-corrected chi connectivity index (χ4v) is 2.97. The van der Waals surface area contributed by atoms with Gasteiger partial charge >= 0.3 is 0 Å². The first-order chi connectivity index (χ1) is 7.70. The van der Waals surface area contributed by atoms with E-state index < -0.39 is 0 Å². The van der Waals surface area contributed by atoms with E-state index in [4.69, 9.17) is 11.6 Å². The highest BCUT2D eigenvalue weighted by Gasteiger charge is 2.24. The van der Waals surface area contributed by atoms with Crippen LogP contribution < -0.4 is 0 Å². The molecule has 1 fully saturated rings. The number of alkyl halides is 1. The number of halogens is 1. The number of rotatable bonds is 3. The van der Waals surface area contributed by atoms with E-state index in [2.05, 4.69) is 18.1 Å². The van der Waals surface area contributed by atoms with Gasteiger partial charge in [-0.3, -0.25) is 4.68 Å². The zero-order chi connectivity index (χ0) is 11.5. The third-order valence-corrected chi connectivity index (χ3v) is 4.25. The summed E-state index contributed by atoms with van der Waals surface area (Å²) in [6, 6.07) is 2.23. The van der Waals surface area contributed by atoms with E-state index in [-0.39, 0.29) is 0 Å². The van der Waals surface area contributed by atoms with Crippen LogP contribution in [-0.2, 0) is 19.9 Å². The highest BCUT2D eigenvalue weighted by Crippen LogP contribution is 2.31. The highest BCUT2D eigenvalue weighted by molar-refractivity contribution is 6.20. The molecule has 0 aromatic carbocycles. The summed E-state index contributed by atoms with van der Waals surface area (Å²) in [5.74, 6) is 0.649. The van der Waals surface area contributed by atoms with Gasteiger partial charge in [0.2, 0.25) is 0 Å². The molecule has 0 bridgehead atoms. The van der Waals surface area contributed by atoms with Gasteiger partial charge in [-0.2, -0.15) is 5.10 Å². The Morgan fingerprint density at radius 2 is 2.19 bits per heavy atom. The third kappa shape index (κ3) is 2.60. The summed E-state index contributed by atoms with van der Waals surface area (Å²) >= 11 is 6.40. The summed E-state index contributed by atoms with van der Waals surface area (Å²) in [7, 11) is 2.04. The fourth-order valence-electron chi connectivity index (χ4n) is 2.60. The van der Waals surface area contributed by atoms with Gasteiger partial charge in [-0.1, -0.05) is 19.8 Å². The van der Waals surface area contributed by atoms with Crippen LogP contribution in [-0.4, -0.2) is 15.2 Å². The lowest BCUT2D eigenvalue weighted by molar-refractivity contribution is 0.357. The van der Waals surface area contributed by atoms with Crippen molar-refractivity contribution in [1.82, 2.24) is 9.78 Å². The average Bonchev–Trinajstić information content (AvgIpc) is 2.63. The first-order valence-electron chi connectivity index (χ1n) is 6.36. The van der Waals surface area contributed by atoms with Crippen LogP contribution in [0.3, 0.4) is 0 Å². The molecule has 1 saturated carbocycles. The van der Waals surface area contributed by atoms with E-state index in [1.807, 2.05) is 11.7 Å².